The summed E-state index contributed by atoms with van der Waals surface area (Å²) in [6.07, 6.45) is 0. The maximum absolute atomic E-state index is 3.72. The van der Waals surface area contributed by atoms with Crippen molar-refractivity contribution in [3.63, 3.8) is 0 Å². The van der Waals surface area contributed by atoms with Crippen molar-refractivity contribution in [3.05, 3.63) is 34.4 Å². The van der Waals surface area contributed by atoms with Crippen molar-refractivity contribution in [2.75, 3.05) is 0 Å². The number of hydrogen-bond donors (Lipinski definition) is 1. The van der Waals surface area contributed by atoms with E-state index in [0.29, 0.717) is 0 Å². The van der Waals surface area contributed by atoms with Crippen LogP contribution < -0.4 is 5.32 Å². The van der Waals surface area contributed by atoms with Crippen LogP contribution in [0.25, 0.3) is 0 Å². The van der Waals surface area contributed by atoms with Crippen molar-refractivity contribution in [1.29, 1.82) is 0 Å². The molecule has 1 nitrogen and oxygen atoms in total. The minimum Gasteiger partial charge on any atom is -0.299 e. The maximum Gasteiger partial charge on any atom is 0.0391 e. The predicted octanol–water partition coefficient (Wildman–Crippen LogP) is 3.38. The molecule has 2 rings (SSSR count). The molecule has 0 atom stereocenters. The number of aryl methyl sites for hydroxylation is 2. The van der Waals surface area contributed by atoms with Gasteiger partial charge in [-0.2, -0.15) is 0 Å². The molecule has 82 valence electrons. The van der Waals surface area contributed by atoms with Gasteiger partial charge in [-0.05, 0) is 63.8 Å². The van der Waals surface area contributed by atoms with Crippen LogP contribution in [0.2, 0.25) is 0 Å². The van der Waals surface area contributed by atoms with Crippen molar-refractivity contribution in [3.8, 4) is 0 Å². The summed E-state index contributed by atoms with van der Waals surface area (Å²) in [5.41, 5.74) is 5.97. The lowest BCUT2D eigenvalue weighted by atomic mass is 9.84. The molecule has 1 heterocycles. The fourth-order valence-electron chi connectivity index (χ4n) is 3.33. The Morgan fingerprint density at radius 1 is 0.800 bits per heavy atom. The smallest absolute Gasteiger partial charge is 0.0391 e. The Balaban J connectivity index is 2.80. The summed E-state index contributed by atoms with van der Waals surface area (Å²) in [4.78, 5) is 0. The molecule has 15 heavy (non-hydrogen) atoms. The van der Waals surface area contributed by atoms with Crippen LogP contribution in [0.3, 0.4) is 0 Å². The van der Waals surface area contributed by atoms with E-state index in [1.54, 1.807) is 0 Å². The Morgan fingerprint density at radius 2 is 1.13 bits per heavy atom. The Bertz CT molecular complexity index is 375. The van der Waals surface area contributed by atoms with Crippen molar-refractivity contribution in [2.24, 2.45) is 0 Å². The Morgan fingerprint density at radius 3 is 1.47 bits per heavy atom. The molecule has 0 bridgehead atoms. The van der Waals surface area contributed by atoms with Crippen LogP contribution in [0, 0.1) is 13.8 Å². The molecule has 1 aromatic rings. The highest BCUT2D eigenvalue weighted by Crippen LogP contribution is 2.43. The van der Waals surface area contributed by atoms with Gasteiger partial charge in [-0.3, -0.25) is 5.32 Å². The summed E-state index contributed by atoms with van der Waals surface area (Å²) < 4.78 is 0. The van der Waals surface area contributed by atoms with Gasteiger partial charge >= 0.3 is 0 Å². The lowest BCUT2D eigenvalue weighted by molar-refractivity contribution is 0.318. The van der Waals surface area contributed by atoms with Gasteiger partial charge in [0.2, 0.25) is 0 Å². The highest BCUT2D eigenvalue weighted by molar-refractivity contribution is 5.51. The summed E-state index contributed by atoms with van der Waals surface area (Å²) in [7, 11) is 0. The van der Waals surface area contributed by atoms with Gasteiger partial charge in [0.15, 0.2) is 0 Å². The number of benzene rings is 1. The highest BCUT2D eigenvalue weighted by atomic mass is 15.1. The van der Waals surface area contributed by atoms with Crippen molar-refractivity contribution in [1.82, 2.24) is 5.32 Å². The Kier molecular flexibility index (Phi) is 2.03. The van der Waals surface area contributed by atoms with Crippen molar-refractivity contribution in [2.45, 2.75) is 52.6 Å². The first-order valence-corrected chi connectivity index (χ1v) is 5.66. The molecule has 1 heteroatoms. The van der Waals surface area contributed by atoms with Gasteiger partial charge < -0.3 is 0 Å². The number of rotatable bonds is 0. The summed E-state index contributed by atoms with van der Waals surface area (Å²) in [5, 5.41) is 3.72. The molecule has 0 saturated carbocycles. The van der Waals surface area contributed by atoms with Crippen LogP contribution in [0.4, 0.5) is 0 Å². The minimum absolute atomic E-state index is 0.0922. The topological polar surface area (TPSA) is 12.0 Å². The molecule has 1 aliphatic rings. The minimum atomic E-state index is 0.0922. The normalized spacial score (nSPS) is 21.5. The average molecular weight is 203 g/mol. The first kappa shape index (κ1) is 10.7. The second-order valence-electron chi connectivity index (χ2n) is 5.82. The second-order valence-corrected chi connectivity index (χ2v) is 5.82. The van der Waals surface area contributed by atoms with Crippen LogP contribution in [0.5, 0.6) is 0 Å². The summed E-state index contributed by atoms with van der Waals surface area (Å²) in [5.74, 6) is 0. The highest BCUT2D eigenvalue weighted by Gasteiger charge is 2.42. The molecular weight excluding hydrogens is 182 g/mol. The van der Waals surface area contributed by atoms with Gasteiger partial charge in [0, 0.05) is 11.1 Å². The van der Waals surface area contributed by atoms with Gasteiger partial charge in [-0.15, -0.1) is 0 Å². The zero-order valence-electron chi connectivity index (χ0n) is 10.7. The van der Waals surface area contributed by atoms with E-state index in [1.165, 1.54) is 22.3 Å². The van der Waals surface area contributed by atoms with E-state index in [2.05, 4.69) is 59.0 Å². The third-order valence-electron chi connectivity index (χ3n) is 3.50. The van der Waals surface area contributed by atoms with Crippen LogP contribution in [-0.4, -0.2) is 0 Å². The van der Waals surface area contributed by atoms with Crippen LogP contribution >= 0.6 is 0 Å². The first-order valence-electron chi connectivity index (χ1n) is 5.66. The van der Waals surface area contributed by atoms with Gasteiger partial charge in [0.1, 0.15) is 0 Å². The summed E-state index contributed by atoms with van der Waals surface area (Å²) in [6.45, 7) is 13.5. The molecule has 0 aliphatic carbocycles. The second kappa shape index (κ2) is 2.85. The Labute approximate surface area is 92.9 Å². The molecule has 0 amide bonds. The largest absolute Gasteiger partial charge is 0.299 e. The van der Waals surface area contributed by atoms with Crippen LogP contribution in [-0.2, 0) is 11.1 Å². The van der Waals surface area contributed by atoms with Crippen LogP contribution in [0.1, 0.15) is 49.9 Å². The van der Waals surface area contributed by atoms with E-state index in [1.807, 2.05) is 0 Å². The zero-order valence-corrected chi connectivity index (χ0v) is 10.7. The van der Waals surface area contributed by atoms with E-state index >= 15 is 0 Å². The SMILES string of the molecule is Cc1ccc(C)c2c1C(C)(C)NC2(C)C. The number of nitrogens with one attached hydrogen (secondary N) is 1. The third-order valence-corrected chi connectivity index (χ3v) is 3.50. The lowest BCUT2D eigenvalue weighted by Gasteiger charge is -2.26. The van der Waals surface area contributed by atoms with Gasteiger partial charge in [-0.1, -0.05) is 12.1 Å². The summed E-state index contributed by atoms with van der Waals surface area (Å²) in [6, 6.07) is 4.47. The fraction of sp³-hybridized carbons (Fsp3) is 0.571. The molecule has 0 radical (unpaired) electrons. The molecule has 0 saturated heterocycles. The quantitative estimate of drug-likeness (QED) is 0.681. The lowest BCUT2D eigenvalue weighted by Crippen LogP contribution is -2.40. The van der Waals surface area contributed by atoms with E-state index in [9.17, 15) is 0 Å². The third kappa shape index (κ3) is 1.41. The predicted molar refractivity (Wildman–Crippen MR) is 65.1 cm³/mol. The molecule has 0 spiro atoms. The Hall–Kier alpha value is -0.820. The number of fused-ring (bicyclic) bond motifs is 1. The molecule has 1 N–H and O–H groups in total. The van der Waals surface area contributed by atoms with Gasteiger partial charge in [0.25, 0.3) is 0 Å². The average Bonchev–Trinajstić information content (AvgIpc) is 2.25. The van der Waals surface area contributed by atoms with E-state index in [4.69, 9.17) is 0 Å². The standard InChI is InChI=1S/C14H21N/c1-9-7-8-10(2)12-11(9)13(3,4)15-14(12,5)6/h7-8,15H,1-6H3. The van der Waals surface area contributed by atoms with E-state index in [0.717, 1.165) is 0 Å². The molecule has 1 aliphatic heterocycles. The van der Waals surface area contributed by atoms with Crippen LogP contribution in [0.15, 0.2) is 12.1 Å². The molecule has 1 aromatic carbocycles. The van der Waals surface area contributed by atoms with Crippen molar-refractivity contribution >= 4 is 0 Å². The fourth-order valence-corrected chi connectivity index (χ4v) is 3.33. The molecular formula is C14H21N. The maximum atomic E-state index is 3.72. The monoisotopic (exact) mass is 203 g/mol. The number of hydrogen-bond acceptors (Lipinski definition) is 1. The molecule has 0 aromatic heterocycles. The van der Waals surface area contributed by atoms with Gasteiger partial charge in [0.05, 0.1) is 0 Å². The first-order chi connectivity index (χ1) is 6.76. The van der Waals surface area contributed by atoms with E-state index in [-0.39, 0.29) is 11.1 Å². The summed E-state index contributed by atoms with van der Waals surface area (Å²) >= 11 is 0. The zero-order chi connectivity index (χ0) is 11.4. The molecule has 0 fully saturated rings. The molecule has 0 unspecified atom stereocenters. The van der Waals surface area contributed by atoms with Crippen molar-refractivity contribution < 1.29 is 0 Å². The van der Waals surface area contributed by atoms with E-state index < -0.39 is 0 Å². The van der Waals surface area contributed by atoms with Gasteiger partial charge in [-0.25, -0.2) is 0 Å².